The number of aldehydes is 1. The van der Waals surface area contributed by atoms with E-state index in [0.717, 1.165) is 37.5 Å². The molecule has 1 aliphatic rings. The molecule has 0 heterocycles. The molecule has 1 saturated carbocycles. The molecule has 110 valence electrons. The molecule has 0 bridgehead atoms. The van der Waals surface area contributed by atoms with Gasteiger partial charge in [0.05, 0.1) is 11.6 Å². The highest BCUT2D eigenvalue weighted by Crippen LogP contribution is 2.35. The van der Waals surface area contributed by atoms with E-state index in [1.165, 1.54) is 11.1 Å². The van der Waals surface area contributed by atoms with Crippen molar-refractivity contribution in [3.63, 3.8) is 0 Å². The summed E-state index contributed by atoms with van der Waals surface area (Å²) in [5.41, 5.74) is 4.37. The summed E-state index contributed by atoms with van der Waals surface area (Å²) in [6, 6.07) is 18.5. The molecule has 0 atom stereocenters. The fourth-order valence-electron chi connectivity index (χ4n) is 3.27. The van der Waals surface area contributed by atoms with Crippen molar-refractivity contribution in [2.24, 2.45) is 5.92 Å². The van der Waals surface area contributed by atoms with Crippen molar-refractivity contribution in [2.45, 2.75) is 31.6 Å². The zero-order valence-corrected chi connectivity index (χ0v) is 12.5. The van der Waals surface area contributed by atoms with E-state index in [1.807, 2.05) is 24.3 Å². The molecule has 2 aromatic carbocycles. The van der Waals surface area contributed by atoms with Crippen LogP contribution in [0.2, 0.25) is 0 Å². The fraction of sp³-hybridized carbons (Fsp3) is 0.300. The van der Waals surface area contributed by atoms with Crippen LogP contribution in [-0.4, -0.2) is 6.29 Å². The van der Waals surface area contributed by atoms with Gasteiger partial charge in [-0.3, -0.25) is 0 Å². The summed E-state index contributed by atoms with van der Waals surface area (Å²) in [5.74, 6) is 0.861. The van der Waals surface area contributed by atoms with Crippen molar-refractivity contribution < 1.29 is 4.79 Å². The Morgan fingerprint density at radius 1 is 0.864 bits per heavy atom. The lowest BCUT2D eigenvalue weighted by Gasteiger charge is -2.25. The van der Waals surface area contributed by atoms with Crippen molar-refractivity contribution in [1.29, 1.82) is 5.26 Å². The average Bonchev–Trinajstić information content (AvgIpc) is 2.62. The van der Waals surface area contributed by atoms with Crippen LogP contribution in [-0.2, 0) is 4.79 Å². The first-order chi connectivity index (χ1) is 10.8. The van der Waals surface area contributed by atoms with Crippen molar-refractivity contribution in [1.82, 2.24) is 0 Å². The maximum atomic E-state index is 10.8. The molecule has 0 spiro atoms. The minimum atomic E-state index is 0.272. The molecule has 0 radical (unpaired) electrons. The maximum absolute atomic E-state index is 10.8. The van der Waals surface area contributed by atoms with Crippen molar-refractivity contribution in [2.75, 3.05) is 0 Å². The predicted molar refractivity (Wildman–Crippen MR) is 87.4 cm³/mol. The Labute approximate surface area is 131 Å². The fourth-order valence-corrected chi connectivity index (χ4v) is 3.27. The normalized spacial score (nSPS) is 21.0. The summed E-state index contributed by atoms with van der Waals surface area (Å²) in [5, 5.41) is 8.84. The number of hydrogen-bond acceptors (Lipinski definition) is 2. The summed E-state index contributed by atoms with van der Waals surface area (Å²) in [4.78, 5) is 10.8. The molecule has 0 unspecified atom stereocenters. The van der Waals surface area contributed by atoms with E-state index >= 15 is 0 Å². The Morgan fingerprint density at radius 3 is 1.91 bits per heavy atom. The van der Waals surface area contributed by atoms with Gasteiger partial charge in [-0.25, -0.2) is 0 Å². The molecular weight excluding hydrogens is 270 g/mol. The van der Waals surface area contributed by atoms with E-state index in [-0.39, 0.29) is 5.92 Å². The van der Waals surface area contributed by atoms with Gasteiger partial charge >= 0.3 is 0 Å². The minimum Gasteiger partial charge on any atom is -0.303 e. The Morgan fingerprint density at radius 2 is 1.41 bits per heavy atom. The highest BCUT2D eigenvalue weighted by atomic mass is 16.1. The molecule has 0 aliphatic heterocycles. The Bertz CT molecular complexity index is 671. The summed E-state index contributed by atoms with van der Waals surface area (Å²) in [6.07, 6.45) is 5.38. The number of nitriles is 1. The van der Waals surface area contributed by atoms with E-state index in [9.17, 15) is 4.79 Å². The molecule has 0 amide bonds. The van der Waals surface area contributed by atoms with Gasteiger partial charge in [-0.2, -0.15) is 5.26 Å². The van der Waals surface area contributed by atoms with E-state index in [4.69, 9.17) is 5.26 Å². The lowest BCUT2D eigenvalue weighted by Crippen LogP contribution is -2.14. The molecule has 0 aromatic heterocycles. The van der Waals surface area contributed by atoms with E-state index < -0.39 is 0 Å². The zero-order chi connectivity index (χ0) is 15.4. The molecule has 1 aliphatic carbocycles. The van der Waals surface area contributed by atoms with Crippen LogP contribution in [0.1, 0.15) is 42.7 Å². The molecule has 1 fully saturated rings. The third-order valence-electron chi connectivity index (χ3n) is 4.69. The van der Waals surface area contributed by atoms with Gasteiger partial charge in [-0.1, -0.05) is 36.4 Å². The molecule has 2 aromatic rings. The van der Waals surface area contributed by atoms with Gasteiger partial charge < -0.3 is 4.79 Å². The zero-order valence-electron chi connectivity index (χ0n) is 12.5. The summed E-state index contributed by atoms with van der Waals surface area (Å²) in [6.45, 7) is 0. The largest absolute Gasteiger partial charge is 0.303 e. The van der Waals surface area contributed by atoms with Crippen LogP contribution in [0.5, 0.6) is 0 Å². The summed E-state index contributed by atoms with van der Waals surface area (Å²) < 4.78 is 0. The first kappa shape index (κ1) is 14.5. The number of nitrogens with zero attached hydrogens (tertiary/aromatic N) is 1. The van der Waals surface area contributed by atoms with E-state index in [0.29, 0.717) is 11.5 Å². The van der Waals surface area contributed by atoms with Crippen molar-refractivity contribution >= 4 is 6.29 Å². The molecule has 2 nitrogen and oxygen atoms in total. The Balaban J connectivity index is 1.72. The first-order valence-corrected chi connectivity index (χ1v) is 7.86. The number of carbonyl (C=O) groups excluding carboxylic acids is 1. The Hall–Kier alpha value is -2.40. The standard InChI is InChI=1S/C20H19NO/c21-13-15-1-5-17(6-2-15)19-9-11-20(12-10-19)18-7-3-16(14-22)4-8-18/h1-2,5-6,9-12,14,16,18H,3-4,7-8H2/t16-,18-. The van der Waals surface area contributed by atoms with Gasteiger partial charge in [0, 0.05) is 5.92 Å². The predicted octanol–water partition coefficient (Wildman–Crippen LogP) is 4.70. The Kier molecular flexibility index (Phi) is 4.34. The van der Waals surface area contributed by atoms with Crippen LogP contribution in [0.4, 0.5) is 0 Å². The highest BCUT2D eigenvalue weighted by Gasteiger charge is 2.21. The third kappa shape index (κ3) is 3.09. The van der Waals surface area contributed by atoms with Gasteiger partial charge in [-0.05, 0) is 60.4 Å². The number of carbonyl (C=O) groups is 1. The molecule has 22 heavy (non-hydrogen) atoms. The maximum Gasteiger partial charge on any atom is 0.123 e. The lowest BCUT2D eigenvalue weighted by molar-refractivity contribution is -0.111. The van der Waals surface area contributed by atoms with Crippen molar-refractivity contribution in [3.05, 3.63) is 59.7 Å². The van der Waals surface area contributed by atoms with Gasteiger partial charge in [0.2, 0.25) is 0 Å². The summed E-state index contributed by atoms with van der Waals surface area (Å²) in [7, 11) is 0. The first-order valence-electron chi connectivity index (χ1n) is 7.86. The molecule has 0 saturated heterocycles. The quantitative estimate of drug-likeness (QED) is 0.768. The molecule has 0 N–H and O–H groups in total. The lowest BCUT2D eigenvalue weighted by atomic mass is 9.79. The smallest absolute Gasteiger partial charge is 0.123 e. The van der Waals surface area contributed by atoms with Crippen LogP contribution >= 0.6 is 0 Å². The van der Waals surface area contributed by atoms with Gasteiger partial charge in [0.25, 0.3) is 0 Å². The van der Waals surface area contributed by atoms with Gasteiger partial charge in [0.15, 0.2) is 0 Å². The van der Waals surface area contributed by atoms with Crippen LogP contribution in [0.15, 0.2) is 48.5 Å². The number of rotatable bonds is 3. The highest BCUT2D eigenvalue weighted by molar-refractivity contribution is 5.64. The second-order valence-electron chi connectivity index (χ2n) is 6.06. The third-order valence-corrected chi connectivity index (χ3v) is 4.69. The van der Waals surface area contributed by atoms with Crippen LogP contribution in [0, 0.1) is 17.2 Å². The second-order valence-corrected chi connectivity index (χ2v) is 6.06. The van der Waals surface area contributed by atoms with E-state index in [1.54, 1.807) is 0 Å². The van der Waals surface area contributed by atoms with Gasteiger partial charge in [0.1, 0.15) is 6.29 Å². The van der Waals surface area contributed by atoms with Gasteiger partial charge in [-0.15, -0.1) is 0 Å². The summed E-state index contributed by atoms with van der Waals surface area (Å²) >= 11 is 0. The molecule has 3 rings (SSSR count). The van der Waals surface area contributed by atoms with Crippen molar-refractivity contribution in [3.8, 4) is 17.2 Å². The number of benzene rings is 2. The minimum absolute atomic E-state index is 0.272. The molecule has 2 heteroatoms. The van der Waals surface area contributed by atoms with Crippen LogP contribution in [0.3, 0.4) is 0 Å². The topological polar surface area (TPSA) is 40.9 Å². The molecular formula is C20H19NO. The van der Waals surface area contributed by atoms with Crippen LogP contribution in [0.25, 0.3) is 11.1 Å². The average molecular weight is 289 g/mol. The monoisotopic (exact) mass is 289 g/mol. The van der Waals surface area contributed by atoms with E-state index in [2.05, 4.69) is 30.3 Å². The van der Waals surface area contributed by atoms with Crippen LogP contribution < -0.4 is 0 Å². The number of hydrogen-bond donors (Lipinski definition) is 0. The SMILES string of the molecule is N#Cc1ccc(-c2ccc([C@H]3CC[C@H](C=O)CC3)cc2)cc1. The second kappa shape index (κ2) is 6.58.